The van der Waals surface area contributed by atoms with Gasteiger partial charge in [0.1, 0.15) is 11.5 Å². The third-order valence-corrected chi connectivity index (χ3v) is 3.35. The zero-order valence-corrected chi connectivity index (χ0v) is 13.0. The molecule has 0 amide bonds. The number of rotatable bonds is 5. The Labute approximate surface area is 125 Å². The fourth-order valence-corrected chi connectivity index (χ4v) is 2.27. The highest BCUT2D eigenvalue weighted by atomic mass is 16.5. The molecule has 0 aliphatic heterocycles. The van der Waals surface area contributed by atoms with Gasteiger partial charge in [0.25, 0.3) is 0 Å². The first-order chi connectivity index (χ1) is 9.95. The molecule has 112 valence electrons. The summed E-state index contributed by atoms with van der Waals surface area (Å²) in [5.41, 5.74) is 7.64. The van der Waals surface area contributed by atoms with Gasteiger partial charge in [-0.25, -0.2) is 0 Å². The van der Waals surface area contributed by atoms with Gasteiger partial charge in [0.2, 0.25) is 0 Å². The fraction of sp³-hybridized carbons (Fsp3) is 0.353. The van der Waals surface area contributed by atoms with Gasteiger partial charge in [0, 0.05) is 11.8 Å². The van der Waals surface area contributed by atoms with Gasteiger partial charge in [-0.15, -0.1) is 0 Å². The minimum absolute atomic E-state index is 0.0948. The first-order valence-corrected chi connectivity index (χ1v) is 6.99. The first kappa shape index (κ1) is 15.3. The molecular weight excluding hydrogens is 264 g/mol. The summed E-state index contributed by atoms with van der Waals surface area (Å²) >= 11 is 0. The van der Waals surface area contributed by atoms with E-state index in [-0.39, 0.29) is 6.10 Å². The van der Waals surface area contributed by atoms with Crippen molar-refractivity contribution in [2.75, 3.05) is 7.11 Å². The van der Waals surface area contributed by atoms with Crippen LogP contribution in [0.25, 0.3) is 0 Å². The average Bonchev–Trinajstić information content (AvgIpc) is 2.46. The summed E-state index contributed by atoms with van der Waals surface area (Å²) in [6, 6.07) is 9.68. The Bertz CT molecular complexity index is 609. The third-order valence-electron chi connectivity index (χ3n) is 3.35. The molecule has 4 heteroatoms. The van der Waals surface area contributed by atoms with Gasteiger partial charge in [-0.05, 0) is 38.5 Å². The molecule has 0 fully saturated rings. The standard InChI is InChI=1S/C17H22N2O2/c1-12(2)21-14-9-13(10-19-11-14)17(3,18)15-7-5-6-8-16(15)20-4/h5-12H,18H2,1-4H3. The summed E-state index contributed by atoms with van der Waals surface area (Å²) in [7, 11) is 1.64. The van der Waals surface area contributed by atoms with Gasteiger partial charge in [0.05, 0.1) is 24.9 Å². The van der Waals surface area contributed by atoms with Gasteiger partial charge in [-0.3, -0.25) is 4.98 Å². The lowest BCUT2D eigenvalue weighted by Gasteiger charge is -2.27. The monoisotopic (exact) mass is 286 g/mol. The van der Waals surface area contributed by atoms with E-state index >= 15 is 0 Å². The molecule has 1 atom stereocenters. The Morgan fingerprint density at radius 1 is 1.19 bits per heavy atom. The summed E-state index contributed by atoms with van der Waals surface area (Å²) in [6.45, 7) is 5.91. The lowest BCUT2D eigenvalue weighted by atomic mass is 9.86. The number of nitrogens with two attached hydrogens (primary N) is 1. The van der Waals surface area contributed by atoms with E-state index < -0.39 is 5.54 Å². The predicted octanol–water partition coefficient (Wildman–Crippen LogP) is 3.10. The van der Waals surface area contributed by atoms with Crippen LogP contribution < -0.4 is 15.2 Å². The van der Waals surface area contributed by atoms with Crippen molar-refractivity contribution in [2.45, 2.75) is 32.4 Å². The zero-order chi connectivity index (χ0) is 15.5. The Balaban J connectivity index is 2.43. The highest BCUT2D eigenvalue weighted by Gasteiger charge is 2.27. The summed E-state index contributed by atoms with van der Waals surface area (Å²) in [4.78, 5) is 4.24. The third kappa shape index (κ3) is 3.34. The van der Waals surface area contributed by atoms with Crippen LogP contribution >= 0.6 is 0 Å². The fourth-order valence-electron chi connectivity index (χ4n) is 2.27. The molecule has 0 bridgehead atoms. The van der Waals surface area contributed by atoms with Crippen LogP contribution in [0.15, 0.2) is 42.7 Å². The second-order valence-electron chi connectivity index (χ2n) is 5.48. The molecule has 1 aromatic heterocycles. The molecular formula is C17H22N2O2. The van der Waals surface area contributed by atoms with E-state index in [0.29, 0.717) is 5.75 Å². The van der Waals surface area contributed by atoms with Crippen LogP contribution in [0, 0.1) is 0 Å². The van der Waals surface area contributed by atoms with Gasteiger partial charge in [-0.2, -0.15) is 0 Å². The number of pyridine rings is 1. The molecule has 0 aliphatic rings. The molecule has 2 N–H and O–H groups in total. The second kappa shape index (κ2) is 6.14. The first-order valence-electron chi connectivity index (χ1n) is 6.99. The lowest BCUT2D eigenvalue weighted by Crippen LogP contribution is -2.35. The largest absolute Gasteiger partial charge is 0.496 e. The Morgan fingerprint density at radius 3 is 2.57 bits per heavy atom. The van der Waals surface area contributed by atoms with Crippen LogP contribution in [-0.4, -0.2) is 18.2 Å². The van der Waals surface area contributed by atoms with Crippen LogP contribution in [0.4, 0.5) is 0 Å². The van der Waals surface area contributed by atoms with Crippen molar-refractivity contribution in [3.8, 4) is 11.5 Å². The number of nitrogens with zero attached hydrogens (tertiary/aromatic N) is 1. The Hall–Kier alpha value is -2.07. The number of hydrogen-bond acceptors (Lipinski definition) is 4. The highest BCUT2D eigenvalue weighted by molar-refractivity contribution is 5.46. The number of methoxy groups -OCH3 is 1. The maximum atomic E-state index is 6.56. The van der Waals surface area contributed by atoms with Gasteiger partial charge in [-0.1, -0.05) is 18.2 Å². The highest BCUT2D eigenvalue weighted by Crippen LogP contribution is 2.34. The van der Waals surface area contributed by atoms with Crippen LogP contribution in [-0.2, 0) is 5.54 Å². The molecule has 0 radical (unpaired) electrons. The van der Waals surface area contributed by atoms with Crippen LogP contribution in [0.5, 0.6) is 11.5 Å². The summed E-state index contributed by atoms with van der Waals surface area (Å²) in [5, 5.41) is 0. The van der Waals surface area contributed by atoms with Crippen molar-refractivity contribution >= 4 is 0 Å². The number of ether oxygens (including phenoxy) is 2. The van der Waals surface area contributed by atoms with Crippen molar-refractivity contribution < 1.29 is 9.47 Å². The lowest BCUT2D eigenvalue weighted by molar-refractivity contribution is 0.241. The minimum atomic E-state index is -0.712. The van der Waals surface area contributed by atoms with Crippen molar-refractivity contribution in [1.82, 2.24) is 4.98 Å². The van der Waals surface area contributed by atoms with Crippen LogP contribution in [0.1, 0.15) is 31.9 Å². The SMILES string of the molecule is COc1ccccc1C(C)(N)c1cncc(OC(C)C)c1. The number of hydrogen-bond donors (Lipinski definition) is 1. The maximum Gasteiger partial charge on any atom is 0.138 e. The molecule has 2 aromatic rings. The molecule has 0 saturated heterocycles. The van der Waals surface area contributed by atoms with Crippen molar-refractivity contribution in [2.24, 2.45) is 5.73 Å². The van der Waals surface area contributed by atoms with Crippen molar-refractivity contribution in [3.63, 3.8) is 0 Å². The molecule has 1 heterocycles. The zero-order valence-electron chi connectivity index (χ0n) is 13.0. The Kier molecular flexibility index (Phi) is 4.48. The molecule has 21 heavy (non-hydrogen) atoms. The number of benzene rings is 1. The second-order valence-corrected chi connectivity index (χ2v) is 5.48. The average molecular weight is 286 g/mol. The minimum Gasteiger partial charge on any atom is -0.496 e. The summed E-state index contributed by atoms with van der Waals surface area (Å²) in [5.74, 6) is 1.48. The molecule has 4 nitrogen and oxygen atoms in total. The topological polar surface area (TPSA) is 57.4 Å². The van der Waals surface area contributed by atoms with Crippen LogP contribution in [0.3, 0.4) is 0 Å². The maximum absolute atomic E-state index is 6.56. The van der Waals surface area contributed by atoms with Gasteiger partial charge >= 0.3 is 0 Å². The smallest absolute Gasteiger partial charge is 0.138 e. The van der Waals surface area contributed by atoms with Crippen LogP contribution in [0.2, 0.25) is 0 Å². The molecule has 0 saturated carbocycles. The summed E-state index contributed by atoms with van der Waals surface area (Å²) in [6.07, 6.45) is 3.55. The predicted molar refractivity (Wildman–Crippen MR) is 83.6 cm³/mol. The summed E-state index contributed by atoms with van der Waals surface area (Å²) < 4.78 is 11.1. The normalized spacial score (nSPS) is 13.8. The van der Waals surface area contributed by atoms with E-state index in [2.05, 4.69) is 4.98 Å². The molecule has 0 spiro atoms. The molecule has 0 aliphatic carbocycles. The van der Waals surface area contributed by atoms with E-state index in [1.807, 2.05) is 51.1 Å². The van der Waals surface area contributed by atoms with E-state index in [9.17, 15) is 0 Å². The van der Waals surface area contributed by atoms with E-state index in [1.165, 1.54) is 0 Å². The van der Waals surface area contributed by atoms with E-state index in [0.717, 1.165) is 16.9 Å². The molecule has 1 aromatic carbocycles. The van der Waals surface area contributed by atoms with Crippen molar-refractivity contribution in [3.05, 3.63) is 53.9 Å². The number of para-hydroxylation sites is 1. The van der Waals surface area contributed by atoms with E-state index in [1.54, 1.807) is 19.5 Å². The number of aromatic nitrogens is 1. The molecule has 2 rings (SSSR count). The Morgan fingerprint density at radius 2 is 1.90 bits per heavy atom. The van der Waals surface area contributed by atoms with Crippen molar-refractivity contribution in [1.29, 1.82) is 0 Å². The molecule has 1 unspecified atom stereocenters. The van der Waals surface area contributed by atoms with E-state index in [4.69, 9.17) is 15.2 Å². The quantitative estimate of drug-likeness (QED) is 0.917. The van der Waals surface area contributed by atoms with Gasteiger partial charge in [0.15, 0.2) is 0 Å². The van der Waals surface area contributed by atoms with Gasteiger partial charge < -0.3 is 15.2 Å².